The molecule has 0 fully saturated rings. The van der Waals surface area contributed by atoms with Gasteiger partial charge in [-0.25, -0.2) is 9.37 Å². The Kier molecular flexibility index (Phi) is 3.39. The minimum atomic E-state index is -0.321. The van der Waals surface area contributed by atoms with Gasteiger partial charge in [0.1, 0.15) is 11.6 Å². The topological polar surface area (TPSA) is 57.8 Å². The molecule has 1 aromatic heterocycles. The number of aromatic amines is 1. The molecule has 2 N–H and O–H groups in total. The molecule has 0 aliphatic carbocycles. The number of nitrogens with zero attached hydrogens (tertiary/aromatic N) is 1. The summed E-state index contributed by atoms with van der Waals surface area (Å²) in [6.07, 6.45) is 0. The number of hydrogen-bond acceptors (Lipinski definition) is 3. The fraction of sp³-hybridized carbons (Fsp3) is 0.125. The van der Waals surface area contributed by atoms with Gasteiger partial charge in [-0.3, -0.25) is 4.79 Å². The second-order valence-electron chi connectivity index (χ2n) is 4.82. The molecule has 3 aromatic rings. The highest BCUT2D eigenvalue weighted by Gasteiger charge is 2.07. The quantitative estimate of drug-likeness (QED) is 0.777. The Morgan fingerprint density at radius 2 is 2.00 bits per heavy atom. The van der Waals surface area contributed by atoms with E-state index in [1.165, 1.54) is 6.07 Å². The van der Waals surface area contributed by atoms with Gasteiger partial charge in [-0.15, -0.1) is 0 Å². The molecule has 3 rings (SSSR count). The number of H-pyrrole nitrogens is 1. The summed E-state index contributed by atoms with van der Waals surface area (Å²) in [6, 6.07) is 12.0. The van der Waals surface area contributed by atoms with E-state index in [1.54, 1.807) is 24.3 Å². The van der Waals surface area contributed by atoms with Crippen molar-refractivity contribution in [1.82, 2.24) is 9.97 Å². The van der Waals surface area contributed by atoms with Crippen molar-refractivity contribution < 1.29 is 4.39 Å². The Morgan fingerprint density at radius 3 is 2.81 bits per heavy atom. The van der Waals surface area contributed by atoms with Gasteiger partial charge >= 0.3 is 0 Å². The molecular formula is C16H14FN3O. The predicted molar refractivity (Wildman–Crippen MR) is 80.8 cm³/mol. The van der Waals surface area contributed by atoms with E-state index in [-0.39, 0.29) is 17.9 Å². The molecule has 0 bridgehead atoms. The van der Waals surface area contributed by atoms with Crippen LogP contribution in [-0.4, -0.2) is 9.97 Å². The van der Waals surface area contributed by atoms with E-state index in [9.17, 15) is 9.18 Å². The first-order valence-corrected chi connectivity index (χ1v) is 6.62. The smallest absolute Gasteiger partial charge is 0.258 e. The van der Waals surface area contributed by atoms with Crippen LogP contribution in [0.15, 0.2) is 47.3 Å². The molecule has 0 radical (unpaired) electrons. The summed E-state index contributed by atoms with van der Waals surface area (Å²) < 4.78 is 13.7. The van der Waals surface area contributed by atoms with Crippen molar-refractivity contribution in [1.29, 1.82) is 0 Å². The predicted octanol–water partition coefficient (Wildman–Crippen LogP) is 2.98. The number of aryl methyl sites for hydroxylation is 1. The molecule has 0 atom stereocenters. The van der Waals surface area contributed by atoms with Crippen LogP contribution in [0.4, 0.5) is 10.1 Å². The van der Waals surface area contributed by atoms with Gasteiger partial charge in [-0.2, -0.15) is 0 Å². The molecule has 0 saturated heterocycles. The molecular weight excluding hydrogens is 269 g/mol. The third-order valence-electron chi connectivity index (χ3n) is 3.32. The number of aromatic nitrogens is 2. The summed E-state index contributed by atoms with van der Waals surface area (Å²) in [5.41, 5.74) is 1.66. The highest BCUT2D eigenvalue weighted by atomic mass is 19.1. The third kappa shape index (κ3) is 2.63. The fourth-order valence-electron chi connectivity index (χ4n) is 2.25. The number of nitrogens with one attached hydrogen (secondary N) is 2. The van der Waals surface area contributed by atoms with Crippen molar-refractivity contribution in [2.45, 2.75) is 13.5 Å². The van der Waals surface area contributed by atoms with Crippen molar-refractivity contribution in [2.75, 3.05) is 5.32 Å². The molecule has 0 saturated carbocycles. The zero-order chi connectivity index (χ0) is 14.8. The molecule has 5 heteroatoms. The molecule has 106 valence electrons. The van der Waals surface area contributed by atoms with Gasteiger partial charge in [-0.05, 0) is 30.7 Å². The minimum absolute atomic E-state index is 0.192. The summed E-state index contributed by atoms with van der Waals surface area (Å²) in [4.78, 5) is 19.0. The summed E-state index contributed by atoms with van der Waals surface area (Å²) in [6.45, 7) is 2.07. The molecule has 0 unspecified atom stereocenters. The number of anilines is 1. The molecule has 0 aliphatic rings. The van der Waals surface area contributed by atoms with E-state index >= 15 is 0 Å². The zero-order valence-corrected chi connectivity index (χ0v) is 11.5. The van der Waals surface area contributed by atoms with Crippen LogP contribution in [0, 0.1) is 12.7 Å². The van der Waals surface area contributed by atoms with Crippen LogP contribution in [0.2, 0.25) is 0 Å². The average molecular weight is 283 g/mol. The molecule has 0 spiro atoms. The van der Waals surface area contributed by atoms with Gasteiger partial charge < -0.3 is 10.3 Å². The Hall–Kier alpha value is -2.69. The number of hydrogen-bond donors (Lipinski definition) is 2. The maximum absolute atomic E-state index is 13.7. The lowest BCUT2D eigenvalue weighted by Crippen LogP contribution is -2.15. The van der Waals surface area contributed by atoms with E-state index in [2.05, 4.69) is 15.3 Å². The Labute approximate surface area is 120 Å². The fourth-order valence-corrected chi connectivity index (χ4v) is 2.25. The largest absolute Gasteiger partial charge is 0.375 e. The van der Waals surface area contributed by atoms with E-state index in [4.69, 9.17) is 0 Å². The van der Waals surface area contributed by atoms with Crippen LogP contribution in [0.5, 0.6) is 0 Å². The summed E-state index contributed by atoms with van der Waals surface area (Å²) in [7, 11) is 0. The van der Waals surface area contributed by atoms with Gasteiger partial charge in [0, 0.05) is 0 Å². The first-order valence-electron chi connectivity index (χ1n) is 6.62. The standard InChI is InChI=1S/C16H14FN3O/c1-10-5-4-7-12(17)15(10)18-9-14-19-13-8-3-2-6-11(13)16(21)20-14/h2-8,18H,9H2,1H3,(H,19,20,21). The van der Waals surface area contributed by atoms with E-state index < -0.39 is 0 Å². The minimum Gasteiger partial charge on any atom is -0.375 e. The van der Waals surface area contributed by atoms with Gasteiger partial charge in [0.15, 0.2) is 0 Å². The number of benzene rings is 2. The lowest BCUT2D eigenvalue weighted by Gasteiger charge is -2.10. The monoisotopic (exact) mass is 283 g/mol. The molecule has 21 heavy (non-hydrogen) atoms. The highest BCUT2D eigenvalue weighted by Crippen LogP contribution is 2.19. The number of fused-ring (bicyclic) bond motifs is 1. The lowest BCUT2D eigenvalue weighted by molar-refractivity contribution is 0.628. The summed E-state index contributed by atoms with van der Waals surface area (Å²) in [5, 5.41) is 3.53. The maximum atomic E-state index is 13.7. The average Bonchev–Trinajstić information content (AvgIpc) is 2.47. The van der Waals surface area contributed by atoms with Gasteiger partial charge in [-0.1, -0.05) is 24.3 Å². The molecule has 4 nitrogen and oxygen atoms in total. The Balaban J connectivity index is 1.91. The second-order valence-corrected chi connectivity index (χ2v) is 4.82. The SMILES string of the molecule is Cc1cccc(F)c1NCc1nc2ccccc2c(=O)[nH]1. The lowest BCUT2D eigenvalue weighted by atomic mass is 10.2. The van der Waals surface area contributed by atoms with Crippen LogP contribution in [0.1, 0.15) is 11.4 Å². The Bertz CT molecular complexity index is 837. The van der Waals surface area contributed by atoms with Gasteiger partial charge in [0.2, 0.25) is 0 Å². The molecule has 0 aliphatic heterocycles. The molecule has 2 aromatic carbocycles. The summed E-state index contributed by atoms with van der Waals surface area (Å²) >= 11 is 0. The van der Waals surface area contributed by atoms with Crippen molar-refractivity contribution in [2.24, 2.45) is 0 Å². The van der Waals surface area contributed by atoms with Gasteiger partial charge in [0.25, 0.3) is 5.56 Å². The first-order chi connectivity index (χ1) is 10.1. The number of halogens is 1. The normalized spacial score (nSPS) is 10.8. The van der Waals surface area contributed by atoms with Crippen LogP contribution >= 0.6 is 0 Å². The van der Waals surface area contributed by atoms with E-state index in [0.717, 1.165) is 5.56 Å². The summed E-state index contributed by atoms with van der Waals surface area (Å²) in [5.74, 6) is 0.152. The van der Waals surface area contributed by atoms with E-state index in [1.807, 2.05) is 19.1 Å². The van der Waals surface area contributed by atoms with Crippen LogP contribution in [0.25, 0.3) is 10.9 Å². The number of rotatable bonds is 3. The van der Waals surface area contributed by atoms with E-state index in [0.29, 0.717) is 22.4 Å². The van der Waals surface area contributed by atoms with Crippen molar-refractivity contribution in [3.63, 3.8) is 0 Å². The maximum Gasteiger partial charge on any atom is 0.258 e. The van der Waals surface area contributed by atoms with Crippen molar-refractivity contribution >= 4 is 16.6 Å². The van der Waals surface area contributed by atoms with Crippen LogP contribution in [0.3, 0.4) is 0 Å². The van der Waals surface area contributed by atoms with Gasteiger partial charge in [0.05, 0.1) is 23.1 Å². The van der Waals surface area contributed by atoms with Crippen molar-refractivity contribution in [3.05, 3.63) is 70.0 Å². The van der Waals surface area contributed by atoms with Crippen LogP contribution < -0.4 is 10.9 Å². The zero-order valence-electron chi connectivity index (χ0n) is 11.5. The third-order valence-corrected chi connectivity index (χ3v) is 3.32. The Morgan fingerprint density at radius 1 is 1.19 bits per heavy atom. The molecule has 0 amide bonds. The first kappa shape index (κ1) is 13.3. The number of para-hydroxylation sites is 2. The highest BCUT2D eigenvalue weighted by molar-refractivity contribution is 5.77. The second kappa shape index (κ2) is 5.36. The van der Waals surface area contributed by atoms with Crippen molar-refractivity contribution in [3.8, 4) is 0 Å². The molecule has 1 heterocycles. The van der Waals surface area contributed by atoms with Crippen LogP contribution in [-0.2, 0) is 6.54 Å².